The zero-order chi connectivity index (χ0) is 17.1. The van der Waals surface area contributed by atoms with Gasteiger partial charge < -0.3 is 0 Å². The molecule has 4 rings (SSSR count). The average molecular weight is 326 g/mol. The quantitative estimate of drug-likeness (QED) is 0.572. The van der Waals surface area contributed by atoms with E-state index in [9.17, 15) is 0 Å². The molecule has 1 aliphatic carbocycles. The van der Waals surface area contributed by atoms with Crippen LogP contribution in [0.2, 0.25) is 0 Å². The van der Waals surface area contributed by atoms with Crippen molar-refractivity contribution < 1.29 is 0 Å². The molecule has 1 aromatic heterocycles. The second-order valence-electron chi connectivity index (χ2n) is 6.24. The third kappa shape index (κ3) is 3.09. The molecule has 122 valence electrons. The van der Waals surface area contributed by atoms with E-state index in [0.29, 0.717) is 5.56 Å². The second kappa shape index (κ2) is 6.74. The smallest absolute Gasteiger partial charge is 0.0991 e. The van der Waals surface area contributed by atoms with Crippen molar-refractivity contribution in [1.29, 1.82) is 5.26 Å². The van der Waals surface area contributed by atoms with E-state index in [1.807, 2.05) is 24.3 Å². The van der Waals surface area contributed by atoms with Gasteiger partial charge in [-0.15, -0.1) is 0 Å². The summed E-state index contributed by atoms with van der Waals surface area (Å²) in [4.78, 5) is 4.84. The highest BCUT2D eigenvalue weighted by Gasteiger charge is 2.17. The molecule has 1 N–H and O–H groups in total. The number of aromatic nitrogens is 1. The standard InChI is InChI=1S/C21H18N4/c22-13-15-9-11-16(12-10-15)14-23-25-21-17-5-1-3-7-19(17)24-20-8-4-2-6-18(20)21/h1,3,5,7,9-12,14H,2,4,6,8H2,(H,24,25)/b23-14+. The van der Waals surface area contributed by atoms with Crippen LogP contribution >= 0.6 is 0 Å². The van der Waals surface area contributed by atoms with Gasteiger partial charge in [0, 0.05) is 11.1 Å². The Balaban J connectivity index is 1.68. The zero-order valence-corrected chi connectivity index (χ0v) is 13.9. The number of nitrogens with zero attached hydrogens (tertiary/aromatic N) is 3. The van der Waals surface area contributed by atoms with Crippen LogP contribution < -0.4 is 5.43 Å². The number of nitriles is 1. The van der Waals surface area contributed by atoms with Gasteiger partial charge in [-0.05, 0) is 55.0 Å². The molecule has 0 radical (unpaired) electrons. The van der Waals surface area contributed by atoms with Crippen molar-refractivity contribution in [2.75, 3.05) is 5.43 Å². The number of para-hydroxylation sites is 1. The van der Waals surface area contributed by atoms with Crippen LogP contribution in [0, 0.1) is 11.3 Å². The van der Waals surface area contributed by atoms with Gasteiger partial charge in [-0.2, -0.15) is 10.4 Å². The molecular weight excluding hydrogens is 308 g/mol. The fourth-order valence-corrected chi connectivity index (χ4v) is 3.32. The molecule has 0 atom stereocenters. The number of pyridine rings is 1. The summed E-state index contributed by atoms with van der Waals surface area (Å²) in [7, 11) is 0. The van der Waals surface area contributed by atoms with Crippen LogP contribution in [0.15, 0.2) is 53.6 Å². The van der Waals surface area contributed by atoms with Gasteiger partial charge in [0.25, 0.3) is 0 Å². The van der Waals surface area contributed by atoms with Crippen LogP contribution in [0.1, 0.15) is 35.2 Å². The number of aryl methyl sites for hydroxylation is 1. The van der Waals surface area contributed by atoms with E-state index < -0.39 is 0 Å². The van der Waals surface area contributed by atoms with E-state index >= 15 is 0 Å². The number of hydrazone groups is 1. The lowest BCUT2D eigenvalue weighted by molar-refractivity contribution is 0.672. The van der Waals surface area contributed by atoms with Crippen LogP contribution in [0.25, 0.3) is 10.9 Å². The molecule has 4 heteroatoms. The van der Waals surface area contributed by atoms with Crippen molar-refractivity contribution >= 4 is 22.8 Å². The molecule has 1 heterocycles. The Bertz CT molecular complexity index is 981. The molecule has 0 aliphatic heterocycles. The molecule has 0 spiro atoms. The summed E-state index contributed by atoms with van der Waals surface area (Å²) in [5, 5.41) is 14.4. The number of benzene rings is 2. The number of hydrogen-bond acceptors (Lipinski definition) is 4. The summed E-state index contributed by atoms with van der Waals surface area (Å²) >= 11 is 0. The van der Waals surface area contributed by atoms with E-state index in [1.165, 1.54) is 24.1 Å². The fourth-order valence-electron chi connectivity index (χ4n) is 3.32. The first-order chi connectivity index (χ1) is 12.3. The van der Waals surface area contributed by atoms with E-state index in [4.69, 9.17) is 10.2 Å². The number of anilines is 1. The van der Waals surface area contributed by atoms with E-state index in [1.54, 1.807) is 18.3 Å². The predicted octanol–water partition coefficient (Wildman–Crippen LogP) is 4.43. The molecule has 3 aromatic rings. The lowest BCUT2D eigenvalue weighted by Crippen LogP contribution is -2.09. The van der Waals surface area contributed by atoms with Gasteiger partial charge in [0.15, 0.2) is 0 Å². The van der Waals surface area contributed by atoms with E-state index in [-0.39, 0.29) is 0 Å². The van der Waals surface area contributed by atoms with E-state index in [0.717, 1.165) is 35.0 Å². The van der Waals surface area contributed by atoms with Crippen molar-refractivity contribution in [2.45, 2.75) is 25.7 Å². The summed E-state index contributed by atoms with van der Waals surface area (Å²) in [6.45, 7) is 0. The second-order valence-corrected chi connectivity index (χ2v) is 6.24. The third-order valence-electron chi connectivity index (χ3n) is 4.60. The molecule has 25 heavy (non-hydrogen) atoms. The maximum atomic E-state index is 8.86. The van der Waals surface area contributed by atoms with Crippen molar-refractivity contribution in [1.82, 2.24) is 4.98 Å². The van der Waals surface area contributed by atoms with Gasteiger partial charge in [-0.1, -0.05) is 30.3 Å². The number of hydrogen-bond donors (Lipinski definition) is 1. The molecular formula is C21H18N4. The number of rotatable bonds is 3. The minimum atomic E-state index is 0.652. The Morgan fingerprint density at radius 3 is 2.68 bits per heavy atom. The van der Waals surface area contributed by atoms with Crippen molar-refractivity contribution in [3.05, 3.63) is 70.9 Å². The SMILES string of the molecule is N#Cc1ccc(/C=N/Nc2c3c(nc4ccccc24)CCCC3)cc1. The number of nitrogens with one attached hydrogen (secondary N) is 1. The lowest BCUT2D eigenvalue weighted by atomic mass is 9.93. The Morgan fingerprint density at radius 1 is 1.04 bits per heavy atom. The van der Waals surface area contributed by atoms with Crippen molar-refractivity contribution in [3.63, 3.8) is 0 Å². The molecule has 0 fully saturated rings. The van der Waals surface area contributed by atoms with E-state index in [2.05, 4.69) is 28.7 Å². The third-order valence-corrected chi connectivity index (χ3v) is 4.60. The maximum absolute atomic E-state index is 8.86. The Hall–Kier alpha value is -3.19. The first kappa shape index (κ1) is 15.3. The number of fused-ring (bicyclic) bond motifs is 2. The zero-order valence-electron chi connectivity index (χ0n) is 13.9. The van der Waals surface area contributed by atoms with Gasteiger partial charge in [0.2, 0.25) is 0 Å². The minimum Gasteiger partial charge on any atom is -0.277 e. The molecule has 2 aromatic carbocycles. The van der Waals surface area contributed by atoms with Crippen LogP contribution in [0.3, 0.4) is 0 Å². The van der Waals surface area contributed by atoms with Crippen molar-refractivity contribution in [3.8, 4) is 6.07 Å². The molecule has 0 amide bonds. The Kier molecular flexibility index (Phi) is 4.14. The topological polar surface area (TPSA) is 61.1 Å². The fraction of sp³-hybridized carbons (Fsp3) is 0.190. The Labute approximate surface area is 146 Å². The normalized spacial score (nSPS) is 13.6. The summed E-state index contributed by atoms with van der Waals surface area (Å²) in [5.41, 5.74) is 9.44. The van der Waals surface area contributed by atoms with Crippen LogP contribution in [0.5, 0.6) is 0 Å². The molecule has 0 saturated carbocycles. The lowest BCUT2D eigenvalue weighted by Gasteiger charge is -2.20. The van der Waals surface area contributed by atoms with Gasteiger partial charge >= 0.3 is 0 Å². The highest BCUT2D eigenvalue weighted by atomic mass is 15.3. The highest BCUT2D eigenvalue weighted by Crippen LogP contribution is 2.33. The molecule has 0 unspecified atom stereocenters. The summed E-state index contributed by atoms with van der Waals surface area (Å²) < 4.78 is 0. The van der Waals surface area contributed by atoms with Crippen LogP contribution in [-0.2, 0) is 12.8 Å². The maximum Gasteiger partial charge on any atom is 0.0991 e. The molecule has 0 saturated heterocycles. The summed E-state index contributed by atoms with van der Waals surface area (Å²) in [6, 6.07) is 17.7. The monoisotopic (exact) mass is 326 g/mol. The minimum absolute atomic E-state index is 0.652. The van der Waals surface area contributed by atoms with Crippen LogP contribution in [-0.4, -0.2) is 11.2 Å². The summed E-state index contributed by atoms with van der Waals surface area (Å²) in [5.74, 6) is 0. The van der Waals surface area contributed by atoms with Gasteiger partial charge in [-0.25, -0.2) is 0 Å². The largest absolute Gasteiger partial charge is 0.277 e. The van der Waals surface area contributed by atoms with Gasteiger partial charge in [-0.3, -0.25) is 10.4 Å². The molecule has 1 aliphatic rings. The first-order valence-corrected chi connectivity index (χ1v) is 8.55. The van der Waals surface area contributed by atoms with Gasteiger partial charge in [0.1, 0.15) is 0 Å². The highest BCUT2D eigenvalue weighted by molar-refractivity contribution is 5.94. The Morgan fingerprint density at radius 2 is 1.84 bits per heavy atom. The van der Waals surface area contributed by atoms with Crippen molar-refractivity contribution in [2.24, 2.45) is 5.10 Å². The first-order valence-electron chi connectivity index (χ1n) is 8.55. The molecule has 4 nitrogen and oxygen atoms in total. The summed E-state index contributed by atoms with van der Waals surface area (Å²) in [6.07, 6.45) is 6.26. The van der Waals surface area contributed by atoms with Gasteiger partial charge in [0.05, 0.1) is 29.1 Å². The molecule has 0 bridgehead atoms. The average Bonchev–Trinajstić information content (AvgIpc) is 2.68. The predicted molar refractivity (Wildman–Crippen MR) is 101 cm³/mol. The van der Waals surface area contributed by atoms with Crippen LogP contribution in [0.4, 0.5) is 5.69 Å².